The first-order chi connectivity index (χ1) is 17.3. The van der Waals surface area contributed by atoms with E-state index < -0.39 is 29.2 Å². The maximum atomic E-state index is 13.1. The summed E-state index contributed by atoms with van der Waals surface area (Å²) >= 11 is 0. The fourth-order valence-electron chi connectivity index (χ4n) is 3.39. The molecule has 0 atom stereocenters. The van der Waals surface area contributed by atoms with Crippen LogP contribution >= 0.6 is 0 Å². The van der Waals surface area contributed by atoms with E-state index in [4.69, 9.17) is 14.2 Å². The molecule has 0 amide bonds. The van der Waals surface area contributed by atoms with Crippen molar-refractivity contribution in [3.05, 3.63) is 89.5 Å². The van der Waals surface area contributed by atoms with E-state index in [2.05, 4.69) is 6.92 Å². The van der Waals surface area contributed by atoms with Crippen LogP contribution in [0.1, 0.15) is 65.3 Å². The van der Waals surface area contributed by atoms with Gasteiger partial charge in [0.05, 0.1) is 23.3 Å². The van der Waals surface area contributed by atoms with E-state index in [0.717, 1.165) is 25.0 Å². The zero-order valence-corrected chi connectivity index (χ0v) is 19.8. The molecule has 8 heteroatoms. The molecule has 3 aromatic carbocycles. The van der Waals surface area contributed by atoms with Crippen molar-refractivity contribution in [2.45, 2.75) is 45.2 Å². The third-order valence-electron chi connectivity index (χ3n) is 5.30. The lowest BCUT2D eigenvalue weighted by Gasteiger charge is -2.12. The van der Waals surface area contributed by atoms with Crippen LogP contribution in [-0.2, 0) is 6.18 Å². The predicted octanol–water partition coefficient (Wildman–Crippen LogP) is 7.49. The molecule has 0 bridgehead atoms. The number of alkyl halides is 3. The highest BCUT2D eigenvalue weighted by Crippen LogP contribution is 2.32. The second kappa shape index (κ2) is 12.8. The van der Waals surface area contributed by atoms with Gasteiger partial charge in [-0.2, -0.15) is 13.2 Å². The Morgan fingerprint density at radius 3 is 1.86 bits per heavy atom. The largest absolute Gasteiger partial charge is 0.494 e. The van der Waals surface area contributed by atoms with Gasteiger partial charge in [0.15, 0.2) is 0 Å². The quantitative estimate of drug-likeness (QED) is 0.155. The normalized spacial score (nSPS) is 11.1. The third kappa shape index (κ3) is 7.86. The molecule has 36 heavy (non-hydrogen) atoms. The summed E-state index contributed by atoms with van der Waals surface area (Å²) < 4.78 is 55.4. The number of halogens is 3. The Morgan fingerprint density at radius 1 is 0.694 bits per heavy atom. The minimum absolute atomic E-state index is 0.00738. The molecule has 3 aromatic rings. The van der Waals surface area contributed by atoms with Crippen LogP contribution in [0.4, 0.5) is 13.2 Å². The van der Waals surface area contributed by atoms with E-state index in [-0.39, 0.29) is 11.5 Å². The van der Waals surface area contributed by atoms with Crippen molar-refractivity contribution in [2.75, 3.05) is 6.61 Å². The van der Waals surface area contributed by atoms with Gasteiger partial charge in [-0.1, -0.05) is 44.7 Å². The summed E-state index contributed by atoms with van der Waals surface area (Å²) in [6.45, 7) is 2.78. The Bertz CT molecular complexity index is 1140. The van der Waals surface area contributed by atoms with E-state index in [1.807, 2.05) is 0 Å². The van der Waals surface area contributed by atoms with E-state index in [1.165, 1.54) is 55.7 Å². The van der Waals surface area contributed by atoms with Crippen molar-refractivity contribution in [1.82, 2.24) is 0 Å². The molecule has 0 radical (unpaired) electrons. The zero-order valence-electron chi connectivity index (χ0n) is 19.8. The van der Waals surface area contributed by atoms with Gasteiger partial charge in [-0.05, 0) is 67.1 Å². The third-order valence-corrected chi connectivity index (χ3v) is 5.30. The minimum atomic E-state index is -4.69. The standard InChI is InChI=1S/C28H27F3O5/c1-2-3-4-5-8-19-34-21-13-11-20(12-14-21)26(32)35-22-15-17-23(18-16-22)36-27(33)24-9-6-7-10-25(24)28(29,30)31/h6-7,9-18H,2-5,8,19H2,1H3. The number of hydrogen-bond donors (Lipinski definition) is 0. The summed E-state index contributed by atoms with van der Waals surface area (Å²) in [7, 11) is 0. The van der Waals surface area contributed by atoms with Crippen LogP contribution in [0.25, 0.3) is 0 Å². The molecule has 0 saturated heterocycles. The van der Waals surface area contributed by atoms with Crippen LogP contribution in [0.15, 0.2) is 72.8 Å². The number of ether oxygens (including phenoxy) is 3. The number of carbonyl (C=O) groups is 2. The molecule has 0 spiro atoms. The molecule has 0 N–H and O–H groups in total. The molecule has 0 unspecified atom stereocenters. The average Bonchev–Trinajstić information content (AvgIpc) is 2.87. The summed E-state index contributed by atoms with van der Waals surface area (Å²) in [5.74, 6) is -0.878. The smallest absolute Gasteiger partial charge is 0.417 e. The lowest BCUT2D eigenvalue weighted by atomic mass is 10.1. The number of benzene rings is 3. The highest BCUT2D eigenvalue weighted by atomic mass is 19.4. The predicted molar refractivity (Wildman–Crippen MR) is 128 cm³/mol. The van der Waals surface area contributed by atoms with Crippen molar-refractivity contribution >= 4 is 11.9 Å². The van der Waals surface area contributed by atoms with Crippen LogP contribution < -0.4 is 14.2 Å². The lowest BCUT2D eigenvalue weighted by molar-refractivity contribution is -0.138. The molecule has 0 heterocycles. The Balaban J connectivity index is 1.52. The van der Waals surface area contributed by atoms with E-state index in [0.29, 0.717) is 17.9 Å². The molecular formula is C28H27F3O5. The molecule has 0 aliphatic carbocycles. The number of rotatable bonds is 11. The fraction of sp³-hybridized carbons (Fsp3) is 0.286. The van der Waals surface area contributed by atoms with Gasteiger partial charge < -0.3 is 14.2 Å². The highest BCUT2D eigenvalue weighted by molar-refractivity contribution is 5.93. The summed E-state index contributed by atoms with van der Waals surface area (Å²) in [4.78, 5) is 24.7. The van der Waals surface area contributed by atoms with E-state index >= 15 is 0 Å². The van der Waals surface area contributed by atoms with Crippen molar-refractivity contribution in [1.29, 1.82) is 0 Å². The van der Waals surface area contributed by atoms with E-state index in [1.54, 1.807) is 24.3 Å². The molecule has 0 aliphatic heterocycles. The first kappa shape index (κ1) is 26.8. The minimum Gasteiger partial charge on any atom is -0.494 e. The molecule has 190 valence electrons. The molecule has 0 aliphatic rings. The topological polar surface area (TPSA) is 61.8 Å². The van der Waals surface area contributed by atoms with Crippen molar-refractivity contribution in [2.24, 2.45) is 0 Å². The average molecular weight is 501 g/mol. The molecule has 3 rings (SSSR count). The highest BCUT2D eigenvalue weighted by Gasteiger charge is 2.35. The molecular weight excluding hydrogens is 473 g/mol. The maximum absolute atomic E-state index is 13.1. The number of carbonyl (C=O) groups excluding carboxylic acids is 2. The van der Waals surface area contributed by atoms with Gasteiger partial charge in [-0.15, -0.1) is 0 Å². The maximum Gasteiger partial charge on any atom is 0.417 e. The van der Waals surface area contributed by atoms with Crippen molar-refractivity contribution in [3.8, 4) is 17.2 Å². The number of unbranched alkanes of at least 4 members (excludes halogenated alkanes) is 4. The summed E-state index contributed by atoms with van der Waals surface area (Å²) in [6.07, 6.45) is 1.02. The van der Waals surface area contributed by atoms with Crippen molar-refractivity contribution in [3.63, 3.8) is 0 Å². The molecule has 0 aromatic heterocycles. The number of esters is 2. The molecule has 0 saturated carbocycles. The van der Waals surface area contributed by atoms with Crippen LogP contribution in [0.5, 0.6) is 17.2 Å². The summed E-state index contributed by atoms with van der Waals surface area (Å²) in [6, 6.07) is 16.4. The fourth-order valence-corrected chi connectivity index (χ4v) is 3.39. The number of hydrogen-bond acceptors (Lipinski definition) is 5. The zero-order chi connectivity index (χ0) is 26.0. The Morgan fingerprint density at radius 2 is 1.25 bits per heavy atom. The Hall–Kier alpha value is -3.81. The van der Waals surface area contributed by atoms with E-state index in [9.17, 15) is 22.8 Å². The van der Waals surface area contributed by atoms with Crippen molar-refractivity contribution < 1.29 is 37.0 Å². The summed E-state index contributed by atoms with van der Waals surface area (Å²) in [5.41, 5.74) is -1.35. The van der Waals surface area contributed by atoms with Gasteiger partial charge >= 0.3 is 18.1 Å². The van der Waals surface area contributed by atoms with Gasteiger partial charge in [0.1, 0.15) is 17.2 Å². The van der Waals surface area contributed by atoms with Gasteiger partial charge in [-0.3, -0.25) is 0 Å². The Labute approximate surface area is 207 Å². The van der Waals surface area contributed by atoms with Crippen LogP contribution in [0.2, 0.25) is 0 Å². The SMILES string of the molecule is CCCCCCCOc1ccc(C(=O)Oc2ccc(OC(=O)c3ccccc3C(F)(F)F)cc2)cc1. The first-order valence-corrected chi connectivity index (χ1v) is 11.7. The van der Waals surface area contributed by atoms with Crippen LogP contribution in [0.3, 0.4) is 0 Å². The van der Waals surface area contributed by atoms with Crippen LogP contribution in [0, 0.1) is 0 Å². The Kier molecular flexibility index (Phi) is 9.50. The summed E-state index contributed by atoms with van der Waals surface area (Å²) in [5, 5.41) is 0. The monoisotopic (exact) mass is 500 g/mol. The first-order valence-electron chi connectivity index (χ1n) is 11.7. The lowest BCUT2D eigenvalue weighted by Crippen LogP contribution is -2.16. The van der Waals surface area contributed by atoms with Gasteiger partial charge in [0.25, 0.3) is 0 Å². The van der Waals surface area contributed by atoms with Gasteiger partial charge in [0.2, 0.25) is 0 Å². The van der Waals surface area contributed by atoms with Crippen LogP contribution in [-0.4, -0.2) is 18.5 Å². The van der Waals surface area contributed by atoms with Gasteiger partial charge in [-0.25, -0.2) is 9.59 Å². The molecule has 5 nitrogen and oxygen atoms in total. The second-order valence-corrected chi connectivity index (χ2v) is 8.08. The van der Waals surface area contributed by atoms with Gasteiger partial charge in [0, 0.05) is 0 Å². The molecule has 0 fully saturated rings. The second-order valence-electron chi connectivity index (χ2n) is 8.08.